The molecular weight excluding hydrogens is 417 g/mol. The molecule has 1 aliphatic heterocycles. The van der Waals surface area contributed by atoms with Gasteiger partial charge in [-0.15, -0.1) is 0 Å². The Kier molecular flexibility index (Phi) is 7.02. The van der Waals surface area contributed by atoms with Gasteiger partial charge in [-0.2, -0.15) is 5.26 Å². The molecule has 1 fully saturated rings. The summed E-state index contributed by atoms with van der Waals surface area (Å²) in [4.78, 5) is 16.7. The fraction of sp³-hybridized carbons (Fsp3) is 0.412. The second kappa shape index (κ2) is 9.01. The Morgan fingerprint density at radius 3 is 2.71 bits per heavy atom. The van der Waals surface area contributed by atoms with Gasteiger partial charge in [0.05, 0.1) is 0 Å². The molecule has 0 spiro atoms. The summed E-state index contributed by atoms with van der Waals surface area (Å²) in [5.41, 5.74) is 7.40. The average Bonchev–Trinajstić information content (AvgIpc) is 2.57. The molecule has 1 amide bonds. The van der Waals surface area contributed by atoms with E-state index < -0.39 is 0 Å². The van der Waals surface area contributed by atoms with Crippen molar-refractivity contribution in [1.82, 2.24) is 9.80 Å². The van der Waals surface area contributed by atoms with Crippen molar-refractivity contribution in [2.24, 2.45) is 5.73 Å². The molecule has 0 unspecified atom stereocenters. The highest BCUT2D eigenvalue weighted by Crippen LogP contribution is 2.18. The van der Waals surface area contributed by atoms with E-state index in [2.05, 4.69) is 32.8 Å². The van der Waals surface area contributed by atoms with Gasteiger partial charge < -0.3 is 16.0 Å². The van der Waals surface area contributed by atoms with Crippen LogP contribution in [0.3, 0.4) is 0 Å². The number of rotatable bonds is 5. The minimum atomic E-state index is -0.369. The van der Waals surface area contributed by atoms with Crippen molar-refractivity contribution in [2.45, 2.75) is 6.92 Å². The summed E-state index contributed by atoms with van der Waals surface area (Å²) in [6.45, 7) is 6.84. The number of nitrogens with one attached hydrogen (secondary N) is 1. The molecule has 0 aromatic heterocycles. The Morgan fingerprint density at radius 1 is 1.42 bits per heavy atom. The first-order valence-electron chi connectivity index (χ1n) is 7.89. The third-order valence-electron chi connectivity index (χ3n) is 3.97. The molecule has 1 heterocycles. The third-order valence-corrected chi connectivity index (χ3v) is 4.64. The number of hydrogen-bond donors (Lipinski definition) is 2. The Balaban J connectivity index is 2.00. The number of piperazine rings is 1. The first-order chi connectivity index (χ1) is 11.5. The van der Waals surface area contributed by atoms with E-state index in [1.165, 1.54) is 0 Å². The summed E-state index contributed by atoms with van der Waals surface area (Å²) in [5.74, 6) is -0.369. The van der Waals surface area contributed by atoms with Gasteiger partial charge in [0.15, 0.2) is 0 Å². The number of carbonyl (C=O) groups excluding carboxylic acids is 1. The van der Waals surface area contributed by atoms with E-state index in [-0.39, 0.29) is 11.5 Å². The average molecular weight is 439 g/mol. The molecule has 1 aromatic rings. The van der Waals surface area contributed by atoms with Crippen molar-refractivity contribution in [1.29, 1.82) is 5.26 Å². The molecule has 0 saturated carbocycles. The molecule has 0 bridgehead atoms. The lowest BCUT2D eigenvalue weighted by Crippen LogP contribution is -2.45. The maximum absolute atomic E-state index is 12.4. The number of benzene rings is 1. The minimum Gasteiger partial charge on any atom is -0.374 e. The van der Waals surface area contributed by atoms with E-state index in [1.54, 1.807) is 6.20 Å². The molecule has 7 heteroatoms. The number of nitriles is 1. The van der Waals surface area contributed by atoms with Crippen LogP contribution in [0.15, 0.2) is 30.0 Å². The monoisotopic (exact) mass is 439 g/mol. The van der Waals surface area contributed by atoms with Gasteiger partial charge in [0, 0.05) is 54.7 Å². The van der Waals surface area contributed by atoms with Crippen molar-refractivity contribution in [3.05, 3.63) is 39.1 Å². The van der Waals surface area contributed by atoms with Gasteiger partial charge in [0.25, 0.3) is 5.91 Å². The summed E-state index contributed by atoms with van der Waals surface area (Å²) in [6.07, 6.45) is 1.66. The van der Waals surface area contributed by atoms with Gasteiger partial charge in [-0.05, 0) is 53.3 Å². The molecule has 1 saturated heterocycles. The van der Waals surface area contributed by atoms with Crippen molar-refractivity contribution >= 4 is 34.2 Å². The maximum atomic E-state index is 12.4. The minimum absolute atomic E-state index is 0.125. The zero-order valence-electron chi connectivity index (χ0n) is 13.8. The van der Waals surface area contributed by atoms with E-state index in [0.717, 1.165) is 47.5 Å². The summed E-state index contributed by atoms with van der Waals surface area (Å²) in [6, 6.07) is 7.78. The molecule has 1 aromatic carbocycles. The lowest BCUT2D eigenvalue weighted by Gasteiger charge is -2.33. The second-order valence-electron chi connectivity index (χ2n) is 5.73. The zero-order chi connectivity index (χ0) is 17.5. The summed E-state index contributed by atoms with van der Waals surface area (Å²) < 4.78 is 1.11. The van der Waals surface area contributed by atoms with Crippen molar-refractivity contribution in [3.8, 4) is 6.07 Å². The van der Waals surface area contributed by atoms with Gasteiger partial charge in [-0.25, -0.2) is 0 Å². The fourth-order valence-corrected chi connectivity index (χ4v) is 3.22. The molecule has 24 heavy (non-hydrogen) atoms. The largest absolute Gasteiger partial charge is 0.374 e. The van der Waals surface area contributed by atoms with Crippen LogP contribution in [0.4, 0.5) is 5.69 Å². The Morgan fingerprint density at radius 2 is 2.12 bits per heavy atom. The molecule has 6 nitrogen and oxygen atoms in total. The van der Waals surface area contributed by atoms with Crippen LogP contribution in [0.25, 0.3) is 0 Å². The molecule has 0 aliphatic carbocycles. The van der Waals surface area contributed by atoms with E-state index in [9.17, 15) is 10.1 Å². The van der Waals surface area contributed by atoms with E-state index in [0.29, 0.717) is 6.54 Å². The molecule has 3 N–H and O–H groups in total. The topological polar surface area (TPSA) is 85.4 Å². The highest BCUT2D eigenvalue weighted by atomic mass is 127. The zero-order valence-corrected chi connectivity index (χ0v) is 15.9. The van der Waals surface area contributed by atoms with Gasteiger partial charge >= 0.3 is 0 Å². The Labute approximate surface area is 156 Å². The van der Waals surface area contributed by atoms with E-state index >= 15 is 0 Å². The first-order valence-corrected chi connectivity index (χ1v) is 8.97. The third kappa shape index (κ3) is 5.19. The van der Waals surface area contributed by atoms with Crippen molar-refractivity contribution in [3.63, 3.8) is 0 Å². The summed E-state index contributed by atoms with van der Waals surface area (Å²) in [7, 11) is 0. The molecular formula is C17H22IN5O. The normalized spacial score (nSPS) is 15.9. The molecule has 0 atom stereocenters. The van der Waals surface area contributed by atoms with Crippen molar-refractivity contribution < 1.29 is 4.79 Å². The number of nitrogens with two attached hydrogens (primary N) is 1. The smallest absolute Gasteiger partial charge is 0.267 e. The van der Waals surface area contributed by atoms with Gasteiger partial charge in [0.1, 0.15) is 11.6 Å². The number of amides is 1. The highest BCUT2D eigenvalue weighted by Gasteiger charge is 2.17. The van der Waals surface area contributed by atoms with Crippen LogP contribution in [0.1, 0.15) is 5.56 Å². The Hall–Kier alpha value is -1.63. The number of halogens is 1. The van der Waals surface area contributed by atoms with Crippen LogP contribution in [0, 0.1) is 21.8 Å². The lowest BCUT2D eigenvalue weighted by atomic mass is 10.2. The quantitative estimate of drug-likeness (QED) is 0.413. The van der Waals surface area contributed by atoms with Gasteiger partial charge in [0.2, 0.25) is 0 Å². The number of carbonyl (C=O) groups is 1. The number of aryl methyl sites for hydroxylation is 1. The van der Waals surface area contributed by atoms with Gasteiger partial charge in [-0.3, -0.25) is 9.69 Å². The standard InChI is InChI=1S/C17H22IN5O/c1-13-10-15(18)2-3-16(13)21-17(24)14(11-20)12-23-8-6-22(5-4-19)7-9-23/h2-3,10,12H,4-9,19H2,1H3,(H,21,24)/b14-12-. The molecule has 128 valence electrons. The van der Waals surface area contributed by atoms with E-state index in [4.69, 9.17) is 5.73 Å². The van der Waals surface area contributed by atoms with Crippen LogP contribution >= 0.6 is 22.6 Å². The number of hydrogen-bond acceptors (Lipinski definition) is 5. The first kappa shape index (κ1) is 18.7. The predicted molar refractivity (Wildman–Crippen MR) is 103 cm³/mol. The Bertz CT molecular complexity index is 659. The maximum Gasteiger partial charge on any atom is 0.267 e. The summed E-state index contributed by atoms with van der Waals surface area (Å²) in [5, 5.41) is 12.1. The molecule has 1 aliphatic rings. The fourth-order valence-electron chi connectivity index (χ4n) is 2.58. The summed E-state index contributed by atoms with van der Waals surface area (Å²) >= 11 is 2.23. The highest BCUT2D eigenvalue weighted by molar-refractivity contribution is 14.1. The second-order valence-corrected chi connectivity index (χ2v) is 6.98. The lowest BCUT2D eigenvalue weighted by molar-refractivity contribution is -0.112. The number of anilines is 1. The van der Waals surface area contributed by atoms with Crippen LogP contribution in [0.5, 0.6) is 0 Å². The number of nitrogens with zero attached hydrogens (tertiary/aromatic N) is 3. The molecule has 0 radical (unpaired) electrons. The van der Waals surface area contributed by atoms with Crippen LogP contribution in [-0.4, -0.2) is 55.0 Å². The van der Waals surface area contributed by atoms with Crippen LogP contribution < -0.4 is 11.1 Å². The van der Waals surface area contributed by atoms with Crippen LogP contribution in [0.2, 0.25) is 0 Å². The SMILES string of the molecule is Cc1cc(I)ccc1NC(=O)/C(C#N)=C\N1CCN(CCN)CC1. The predicted octanol–water partition coefficient (Wildman–Crippen LogP) is 1.52. The van der Waals surface area contributed by atoms with Crippen LogP contribution in [-0.2, 0) is 4.79 Å². The van der Waals surface area contributed by atoms with Crippen molar-refractivity contribution in [2.75, 3.05) is 44.6 Å². The van der Waals surface area contributed by atoms with Gasteiger partial charge in [-0.1, -0.05) is 0 Å². The molecule has 2 rings (SSSR count). The van der Waals surface area contributed by atoms with E-state index in [1.807, 2.05) is 36.1 Å².